The summed E-state index contributed by atoms with van der Waals surface area (Å²) in [6.07, 6.45) is -0.850. The molecule has 170 valence electrons. The summed E-state index contributed by atoms with van der Waals surface area (Å²) in [6.45, 7) is 0.401. The first kappa shape index (κ1) is 23.2. The highest BCUT2D eigenvalue weighted by molar-refractivity contribution is 5.92. The number of hydrogen-bond acceptors (Lipinski definition) is 6. The Kier molecular flexibility index (Phi) is 7.12. The van der Waals surface area contributed by atoms with Crippen molar-refractivity contribution >= 4 is 18.0 Å². The van der Waals surface area contributed by atoms with Crippen molar-refractivity contribution in [2.45, 2.75) is 24.4 Å². The molecule has 2 atom stereocenters. The lowest BCUT2D eigenvalue weighted by Crippen LogP contribution is -2.62. The van der Waals surface area contributed by atoms with Crippen molar-refractivity contribution in [3.05, 3.63) is 59.7 Å². The molecule has 1 aliphatic carbocycles. The first-order valence-corrected chi connectivity index (χ1v) is 10.1. The number of carboxylic acids is 1. The van der Waals surface area contributed by atoms with E-state index >= 15 is 0 Å². The van der Waals surface area contributed by atoms with Crippen LogP contribution in [0.15, 0.2) is 48.5 Å². The van der Waals surface area contributed by atoms with Gasteiger partial charge in [0.1, 0.15) is 18.2 Å². The van der Waals surface area contributed by atoms with E-state index in [0.29, 0.717) is 0 Å². The van der Waals surface area contributed by atoms with Gasteiger partial charge < -0.3 is 30.3 Å². The average Bonchev–Trinajstić information content (AvgIpc) is 3.09. The highest BCUT2D eigenvalue weighted by Gasteiger charge is 2.38. The standard InChI is InChI=1S/C23H26N2O7/c1-23(13-31-2,21(29)24-19(11-26)20(27)28)25-22(30)32-12-18-16-9-5-3-7-14(16)15-8-4-6-10-17(15)18/h3-10,18-19,26H,11-13H2,1-2H3,(H,24,29)(H,25,30)(H,27,28)/t19-,23?/m1/s1. The molecule has 0 bridgehead atoms. The molecule has 0 aromatic heterocycles. The van der Waals surface area contributed by atoms with Crippen LogP contribution >= 0.6 is 0 Å². The van der Waals surface area contributed by atoms with E-state index in [-0.39, 0.29) is 19.1 Å². The normalized spacial score (nSPS) is 15.1. The van der Waals surface area contributed by atoms with Crippen LogP contribution in [0.1, 0.15) is 24.0 Å². The van der Waals surface area contributed by atoms with Gasteiger partial charge in [-0.15, -0.1) is 0 Å². The van der Waals surface area contributed by atoms with E-state index in [1.165, 1.54) is 14.0 Å². The Morgan fingerprint density at radius 2 is 1.62 bits per heavy atom. The van der Waals surface area contributed by atoms with Crippen molar-refractivity contribution in [1.82, 2.24) is 10.6 Å². The third-order valence-corrected chi connectivity index (χ3v) is 5.44. The molecule has 0 saturated heterocycles. The quantitative estimate of drug-likeness (QED) is 0.462. The second-order valence-corrected chi connectivity index (χ2v) is 7.76. The first-order chi connectivity index (χ1) is 15.3. The van der Waals surface area contributed by atoms with Gasteiger partial charge in [0, 0.05) is 13.0 Å². The van der Waals surface area contributed by atoms with Crippen LogP contribution in [0.25, 0.3) is 11.1 Å². The number of methoxy groups -OCH3 is 1. The third kappa shape index (κ3) is 4.74. The number of hydrogen-bond donors (Lipinski definition) is 4. The van der Waals surface area contributed by atoms with Gasteiger partial charge >= 0.3 is 12.1 Å². The zero-order chi connectivity index (χ0) is 23.3. The summed E-state index contributed by atoms with van der Waals surface area (Å²) in [4.78, 5) is 36.3. The van der Waals surface area contributed by atoms with Crippen LogP contribution in [-0.4, -0.2) is 66.7 Å². The molecule has 9 nitrogen and oxygen atoms in total. The third-order valence-electron chi connectivity index (χ3n) is 5.44. The van der Waals surface area contributed by atoms with Gasteiger partial charge in [-0.05, 0) is 29.2 Å². The van der Waals surface area contributed by atoms with Crippen LogP contribution in [0.3, 0.4) is 0 Å². The number of carboxylic acid groups (broad SMARTS) is 1. The van der Waals surface area contributed by atoms with Crippen LogP contribution in [0, 0.1) is 0 Å². The van der Waals surface area contributed by atoms with Gasteiger partial charge in [-0.3, -0.25) is 4.79 Å². The number of nitrogens with one attached hydrogen (secondary N) is 2. The van der Waals surface area contributed by atoms with E-state index in [4.69, 9.17) is 19.7 Å². The molecule has 0 radical (unpaired) electrons. The molecule has 3 rings (SSSR count). The number of ether oxygens (including phenoxy) is 2. The minimum atomic E-state index is -1.61. The summed E-state index contributed by atoms with van der Waals surface area (Å²) < 4.78 is 10.5. The zero-order valence-electron chi connectivity index (χ0n) is 17.8. The monoisotopic (exact) mass is 442 g/mol. The average molecular weight is 442 g/mol. The van der Waals surface area contributed by atoms with Crippen molar-refractivity contribution in [2.75, 3.05) is 26.9 Å². The van der Waals surface area contributed by atoms with E-state index in [2.05, 4.69) is 10.6 Å². The van der Waals surface area contributed by atoms with Crippen molar-refractivity contribution in [3.8, 4) is 11.1 Å². The van der Waals surface area contributed by atoms with Crippen LogP contribution in [0.2, 0.25) is 0 Å². The Hall–Kier alpha value is -3.43. The summed E-state index contributed by atoms with van der Waals surface area (Å²) in [5.74, 6) is -2.38. The molecule has 2 amide bonds. The number of carbonyl (C=O) groups excluding carboxylic acids is 2. The van der Waals surface area contributed by atoms with Crippen molar-refractivity contribution in [2.24, 2.45) is 0 Å². The van der Waals surface area contributed by atoms with Gasteiger partial charge in [0.05, 0.1) is 13.2 Å². The topological polar surface area (TPSA) is 134 Å². The fourth-order valence-electron chi connectivity index (χ4n) is 3.81. The van der Waals surface area contributed by atoms with Gasteiger partial charge in [-0.1, -0.05) is 48.5 Å². The summed E-state index contributed by atoms with van der Waals surface area (Å²) in [6, 6.07) is 14.3. The van der Waals surface area contributed by atoms with E-state index in [1.54, 1.807) is 0 Å². The van der Waals surface area contributed by atoms with Crippen LogP contribution in [0.4, 0.5) is 4.79 Å². The molecule has 2 aromatic rings. The number of aliphatic carboxylic acids is 1. The van der Waals surface area contributed by atoms with Crippen LogP contribution in [-0.2, 0) is 19.1 Å². The van der Waals surface area contributed by atoms with E-state index in [0.717, 1.165) is 22.3 Å². The Morgan fingerprint density at radius 3 is 2.12 bits per heavy atom. The lowest BCUT2D eigenvalue weighted by atomic mass is 9.98. The molecular weight excluding hydrogens is 416 g/mol. The summed E-state index contributed by atoms with van der Waals surface area (Å²) >= 11 is 0. The van der Waals surface area contributed by atoms with Crippen LogP contribution < -0.4 is 10.6 Å². The fraction of sp³-hybridized carbons (Fsp3) is 0.348. The summed E-state index contributed by atoms with van der Waals surface area (Å²) in [7, 11) is 1.34. The predicted octanol–water partition coefficient (Wildman–Crippen LogP) is 1.49. The Labute approximate surface area is 185 Å². The maximum atomic E-state index is 12.6. The number of benzene rings is 2. The molecule has 0 saturated carbocycles. The Morgan fingerprint density at radius 1 is 1.06 bits per heavy atom. The molecule has 0 aliphatic heterocycles. The second-order valence-electron chi connectivity index (χ2n) is 7.76. The van der Waals surface area contributed by atoms with Crippen molar-refractivity contribution in [1.29, 1.82) is 0 Å². The molecule has 0 heterocycles. The summed E-state index contributed by atoms with van der Waals surface area (Å²) in [5.41, 5.74) is 2.66. The van der Waals surface area contributed by atoms with Crippen molar-refractivity contribution in [3.63, 3.8) is 0 Å². The maximum absolute atomic E-state index is 12.6. The number of fused-ring (bicyclic) bond motifs is 3. The zero-order valence-corrected chi connectivity index (χ0v) is 17.8. The largest absolute Gasteiger partial charge is 0.480 e. The highest BCUT2D eigenvalue weighted by Crippen LogP contribution is 2.44. The Balaban J connectivity index is 1.70. The lowest BCUT2D eigenvalue weighted by molar-refractivity contribution is -0.144. The van der Waals surface area contributed by atoms with Gasteiger partial charge in [0.25, 0.3) is 0 Å². The molecule has 2 aromatic carbocycles. The van der Waals surface area contributed by atoms with E-state index in [1.807, 2.05) is 48.5 Å². The van der Waals surface area contributed by atoms with Crippen molar-refractivity contribution < 1.29 is 34.1 Å². The number of amides is 2. The number of carbonyl (C=O) groups is 3. The van der Waals surface area contributed by atoms with Gasteiger partial charge in [-0.25, -0.2) is 9.59 Å². The molecule has 1 aliphatic rings. The molecule has 9 heteroatoms. The first-order valence-electron chi connectivity index (χ1n) is 10.1. The molecule has 4 N–H and O–H groups in total. The fourth-order valence-corrected chi connectivity index (χ4v) is 3.81. The van der Waals surface area contributed by atoms with E-state index in [9.17, 15) is 14.4 Å². The number of rotatable bonds is 9. The predicted molar refractivity (Wildman–Crippen MR) is 115 cm³/mol. The molecule has 1 unspecified atom stereocenters. The van der Waals surface area contributed by atoms with Gasteiger partial charge in [0.15, 0.2) is 0 Å². The molecule has 0 spiro atoms. The summed E-state index contributed by atoms with van der Waals surface area (Å²) in [5, 5.41) is 22.8. The number of aliphatic hydroxyl groups excluding tert-OH is 1. The van der Waals surface area contributed by atoms with Crippen LogP contribution in [0.5, 0.6) is 0 Å². The minimum Gasteiger partial charge on any atom is -0.480 e. The van der Waals surface area contributed by atoms with E-state index < -0.39 is 36.2 Å². The molecule has 0 fully saturated rings. The van der Waals surface area contributed by atoms with Gasteiger partial charge in [0.2, 0.25) is 5.91 Å². The minimum absolute atomic E-state index is 0.0545. The smallest absolute Gasteiger partial charge is 0.408 e. The lowest BCUT2D eigenvalue weighted by Gasteiger charge is -2.29. The highest BCUT2D eigenvalue weighted by atomic mass is 16.5. The second kappa shape index (κ2) is 9.80. The number of alkyl carbamates (subject to hydrolysis) is 1. The molecular formula is C23H26N2O7. The SMILES string of the molecule is COCC(C)(NC(=O)OCC1c2ccccc2-c2ccccc21)C(=O)N[C@H](CO)C(=O)O. The Bertz CT molecular complexity index is 964. The van der Waals surface area contributed by atoms with Gasteiger partial charge in [-0.2, -0.15) is 0 Å². The number of aliphatic hydroxyl groups is 1. The maximum Gasteiger partial charge on any atom is 0.408 e. The molecule has 32 heavy (non-hydrogen) atoms.